The monoisotopic (exact) mass is 300 g/mol. The molecule has 0 saturated heterocycles. The molecule has 1 aromatic carbocycles. The topological polar surface area (TPSA) is 42.0 Å². The molecule has 1 heterocycles. The second kappa shape index (κ2) is 5.98. The minimum absolute atomic E-state index is 0.129. The number of thiazole rings is 1. The summed E-state index contributed by atoms with van der Waals surface area (Å²) in [6.45, 7) is 4.29. The number of carbonyl (C=O) groups excluding carboxylic acids is 1. The van der Waals surface area contributed by atoms with Crippen molar-refractivity contribution in [2.75, 3.05) is 5.32 Å². The molecule has 1 aromatic heterocycles. The fourth-order valence-corrected chi connectivity index (χ4v) is 3.64. The van der Waals surface area contributed by atoms with Crippen LogP contribution in [0.4, 0.5) is 5.13 Å². The third-order valence-electron chi connectivity index (χ3n) is 3.99. The van der Waals surface area contributed by atoms with E-state index >= 15 is 0 Å². The molecule has 0 spiro atoms. The van der Waals surface area contributed by atoms with Crippen molar-refractivity contribution >= 4 is 22.4 Å². The molecule has 0 radical (unpaired) electrons. The summed E-state index contributed by atoms with van der Waals surface area (Å²) in [4.78, 5) is 17.5. The molecule has 1 aliphatic rings. The summed E-state index contributed by atoms with van der Waals surface area (Å²) < 4.78 is 0. The molecule has 1 aliphatic carbocycles. The minimum atomic E-state index is 0.129. The first-order valence-corrected chi connectivity index (χ1v) is 8.23. The zero-order valence-corrected chi connectivity index (χ0v) is 13.2. The normalized spacial score (nSPS) is 20.9. The highest BCUT2D eigenvalue weighted by Gasteiger charge is 2.31. The van der Waals surface area contributed by atoms with Gasteiger partial charge in [-0.15, -0.1) is 11.3 Å². The molecule has 1 saturated carbocycles. The summed E-state index contributed by atoms with van der Waals surface area (Å²) in [6, 6.07) is 8.49. The number of carbonyl (C=O) groups is 1. The molecule has 110 valence electrons. The van der Waals surface area contributed by atoms with Gasteiger partial charge >= 0.3 is 0 Å². The van der Waals surface area contributed by atoms with Gasteiger partial charge in [-0.2, -0.15) is 0 Å². The van der Waals surface area contributed by atoms with Gasteiger partial charge in [0, 0.05) is 23.4 Å². The number of amides is 1. The van der Waals surface area contributed by atoms with Crippen molar-refractivity contribution in [2.45, 2.75) is 33.1 Å². The van der Waals surface area contributed by atoms with Crippen LogP contribution in [0.1, 0.15) is 35.8 Å². The molecule has 21 heavy (non-hydrogen) atoms. The molecule has 4 heteroatoms. The lowest BCUT2D eigenvalue weighted by molar-refractivity contribution is -0.123. The Morgan fingerprint density at radius 3 is 2.95 bits per heavy atom. The van der Waals surface area contributed by atoms with E-state index in [0.29, 0.717) is 5.92 Å². The number of hydrogen-bond donors (Lipinski definition) is 1. The summed E-state index contributed by atoms with van der Waals surface area (Å²) >= 11 is 1.57. The molecule has 0 unspecified atom stereocenters. The predicted molar refractivity (Wildman–Crippen MR) is 86.6 cm³/mol. The summed E-state index contributed by atoms with van der Waals surface area (Å²) in [5.74, 6) is 1.00. The number of anilines is 1. The first-order chi connectivity index (χ1) is 10.1. The molecule has 3 nitrogen and oxygen atoms in total. The Kier molecular flexibility index (Phi) is 4.06. The number of hydrogen-bond acceptors (Lipinski definition) is 3. The molecule has 1 N–H and O–H groups in total. The van der Waals surface area contributed by atoms with E-state index in [9.17, 15) is 4.79 Å². The van der Waals surface area contributed by atoms with Gasteiger partial charge in [-0.3, -0.25) is 4.79 Å². The van der Waals surface area contributed by atoms with Crippen LogP contribution in [0.15, 0.2) is 30.5 Å². The van der Waals surface area contributed by atoms with Gasteiger partial charge in [0.25, 0.3) is 0 Å². The third-order valence-corrected chi connectivity index (χ3v) is 4.90. The highest BCUT2D eigenvalue weighted by Crippen LogP contribution is 2.34. The van der Waals surface area contributed by atoms with E-state index in [2.05, 4.69) is 48.4 Å². The first kappa shape index (κ1) is 14.3. The van der Waals surface area contributed by atoms with Crippen LogP contribution in [0.5, 0.6) is 0 Å². The molecular formula is C17H20N2OS. The summed E-state index contributed by atoms with van der Waals surface area (Å²) in [7, 11) is 0. The van der Waals surface area contributed by atoms with Crippen LogP contribution in [-0.4, -0.2) is 10.9 Å². The number of aryl methyl sites for hydroxylation is 1. The van der Waals surface area contributed by atoms with Gasteiger partial charge in [0.2, 0.25) is 5.91 Å². The lowest BCUT2D eigenvalue weighted by Crippen LogP contribution is -2.33. The first-order valence-electron chi connectivity index (χ1n) is 7.41. The van der Waals surface area contributed by atoms with E-state index in [-0.39, 0.29) is 11.8 Å². The molecule has 0 atom stereocenters. The van der Waals surface area contributed by atoms with E-state index in [4.69, 9.17) is 0 Å². The van der Waals surface area contributed by atoms with Crippen molar-refractivity contribution in [3.8, 4) is 0 Å². The summed E-state index contributed by atoms with van der Waals surface area (Å²) in [5, 5.41) is 3.67. The number of nitrogens with one attached hydrogen (secondary N) is 1. The lowest BCUT2D eigenvalue weighted by Gasteiger charge is -2.30. The average Bonchev–Trinajstić information content (AvgIpc) is 2.82. The molecule has 0 aliphatic heterocycles. The van der Waals surface area contributed by atoms with Crippen molar-refractivity contribution in [1.82, 2.24) is 4.98 Å². The highest BCUT2D eigenvalue weighted by atomic mass is 32.1. The number of rotatable bonds is 4. The second-order valence-corrected chi connectivity index (χ2v) is 7.18. The van der Waals surface area contributed by atoms with Gasteiger partial charge in [-0.05, 0) is 31.2 Å². The maximum atomic E-state index is 12.0. The predicted octanol–water partition coefficient (Wildman–Crippen LogP) is 4.03. The third kappa shape index (κ3) is 3.50. The average molecular weight is 300 g/mol. The Hall–Kier alpha value is -1.68. The van der Waals surface area contributed by atoms with Gasteiger partial charge in [-0.25, -0.2) is 4.98 Å². The van der Waals surface area contributed by atoms with Gasteiger partial charge in [-0.1, -0.05) is 36.8 Å². The molecule has 0 bridgehead atoms. The largest absolute Gasteiger partial charge is 0.302 e. The summed E-state index contributed by atoms with van der Waals surface area (Å²) in [6.07, 6.45) is 4.75. The van der Waals surface area contributed by atoms with Crippen LogP contribution in [0.2, 0.25) is 0 Å². The quantitative estimate of drug-likeness (QED) is 0.926. The Labute approximate surface area is 129 Å². The van der Waals surface area contributed by atoms with Crippen LogP contribution in [0, 0.1) is 18.8 Å². The molecule has 3 rings (SSSR count). The Morgan fingerprint density at radius 2 is 2.24 bits per heavy atom. The van der Waals surface area contributed by atoms with Crippen LogP contribution in [-0.2, 0) is 11.2 Å². The van der Waals surface area contributed by atoms with Crippen molar-refractivity contribution in [3.63, 3.8) is 0 Å². The van der Waals surface area contributed by atoms with Crippen LogP contribution in [0.3, 0.4) is 0 Å². The zero-order chi connectivity index (χ0) is 14.8. The van der Waals surface area contributed by atoms with Crippen molar-refractivity contribution in [3.05, 3.63) is 46.5 Å². The van der Waals surface area contributed by atoms with E-state index in [1.54, 1.807) is 11.3 Å². The lowest BCUT2D eigenvalue weighted by atomic mass is 9.76. The van der Waals surface area contributed by atoms with E-state index in [1.807, 2.05) is 6.20 Å². The van der Waals surface area contributed by atoms with Crippen LogP contribution >= 0.6 is 11.3 Å². The van der Waals surface area contributed by atoms with Crippen molar-refractivity contribution in [2.24, 2.45) is 11.8 Å². The van der Waals surface area contributed by atoms with Crippen molar-refractivity contribution in [1.29, 1.82) is 0 Å². The fourth-order valence-electron chi connectivity index (χ4n) is 2.79. The van der Waals surface area contributed by atoms with Crippen LogP contribution in [0.25, 0.3) is 0 Å². The highest BCUT2D eigenvalue weighted by molar-refractivity contribution is 7.15. The van der Waals surface area contributed by atoms with Gasteiger partial charge in [0.15, 0.2) is 5.13 Å². The van der Waals surface area contributed by atoms with Crippen molar-refractivity contribution < 1.29 is 4.79 Å². The minimum Gasteiger partial charge on any atom is -0.302 e. The SMILES string of the molecule is Cc1cccc(Cc2cnc(NC(=O)C3CC(C)C3)s2)c1. The van der Waals surface area contributed by atoms with Gasteiger partial charge in [0.05, 0.1) is 0 Å². The Bertz CT molecular complexity index is 644. The standard InChI is InChI=1S/C17H20N2OS/c1-11-4-3-5-13(6-11)9-15-10-18-17(21-15)19-16(20)14-7-12(2)8-14/h3-6,10,12,14H,7-9H2,1-2H3,(H,18,19,20). The fraction of sp³-hybridized carbons (Fsp3) is 0.412. The van der Waals surface area contributed by atoms with E-state index < -0.39 is 0 Å². The van der Waals surface area contributed by atoms with Crippen LogP contribution < -0.4 is 5.32 Å². The maximum absolute atomic E-state index is 12.0. The molecule has 1 amide bonds. The number of benzene rings is 1. The zero-order valence-electron chi connectivity index (χ0n) is 12.4. The second-order valence-electron chi connectivity index (χ2n) is 6.06. The molecule has 1 fully saturated rings. The summed E-state index contributed by atoms with van der Waals surface area (Å²) in [5.41, 5.74) is 2.55. The van der Waals surface area contributed by atoms with Gasteiger partial charge in [0.1, 0.15) is 0 Å². The Balaban J connectivity index is 1.60. The van der Waals surface area contributed by atoms with Gasteiger partial charge < -0.3 is 5.32 Å². The smallest absolute Gasteiger partial charge is 0.229 e. The molecular weight excluding hydrogens is 280 g/mol. The molecule has 2 aromatic rings. The van der Waals surface area contributed by atoms with E-state index in [1.165, 1.54) is 16.0 Å². The number of nitrogens with zero attached hydrogens (tertiary/aromatic N) is 1. The Morgan fingerprint density at radius 1 is 1.43 bits per heavy atom. The number of aromatic nitrogens is 1. The maximum Gasteiger partial charge on any atom is 0.229 e. The van der Waals surface area contributed by atoms with E-state index in [0.717, 1.165) is 24.4 Å².